The van der Waals surface area contributed by atoms with Crippen LogP contribution in [0, 0.1) is 0 Å². The minimum absolute atomic E-state index is 0.0819. The van der Waals surface area contributed by atoms with Crippen molar-refractivity contribution in [3.63, 3.8) is 0 Å². The van der Waals surface area contributed by atoms with E-state index < -0.39 is 28.7 Å². The van der Waals surface area contributed by atoms with Crippen LogP contribution in [0.5, 0.6) is 0 Å². The molecule has 0 bridgehead atoms. The number of nitrogens with two attached hydrogens (primary N) is 1. The van der Waals surface area contributed by atoms with Crippen molar-refractivity contribution < 1.29 is 26.4 Å². The molecule has 2 N–H and O–H groups in total. The summed E-state index contributed by atoms with van der Waals surface area (Å²) in [6.07, 6.45) is -4.91. The third kappa shape index (κ3) is 5.84. The Morgan fingerprint density at radius 3 is 2.22 bits per heavy atom. The van der Waals surface area contributed by atoms with E-state index in [-0.39, 0.29) is 5.69 Å². The number of sulfonamides is 1. The molecule has 9 heteroatoms. The largest absolute Gasteiger partial charge is 0.544 e. The molecule has 0 aliphatic carbocycles. The van der Waals surface area contributed by atoms with Gasteiger partial charge < -0.3 is 0 Å². The molecule has 18 heavy (non-hydrogen) atoms. The number of benzene rings is 1. The average molecular weight is 284 g/mol. The summed E-state index contributed by atoms with van der Waals surface area (Å²) in [7, 11) is -3.87. The lowest BCUT2D eigenvalue weighted by molar-refractivity contribution is -0.330. The second-order valence-corrected chi connectivity index (χ2v) is 5.08. The van der Waals surface area contributed by atoms with Gasteiger partial charge in [0.05, 0.1) is 18.0 Å². The Morgan fingerprint density at radius 2 is 1.78 bits per heavy atom. The lowest BCUT2D eigenvalue weighted by Crippen LogP contribution is -2.36. The maximum absolute atomic E-state index is 12.2. The van der Waals surface area contributed by atoms with Crippen LogP contribution < -0.4 is 10.2 Å². The van der Waals surface area contributed by atoms with Gasteiger partial charge in [0.2, 0.25) is 10.0 Å². The van der Waals surface area contributed by atoms with E-state index in [4.69, 9.17) is 5.14 Å². The Hall–Kier alpha value is -1.32. The highest BCUT2D eigenvalue weighted by Gasteiger charge is 2.34. The molecule has 0 radical (unpaired) electrons. The van der Waals surface area contributed by atoms with E-state index in [0.29, 0.717) is 5.06 Å². The molecule has 0 fully saturated rings. The normalized spacial score (nSPS) is 12.4. The monoisotopic (exact) mass is 284 g/mol. The van der Waals surface area contributed by atoms with Gasteiger partial charge in [0.25, 0.3) is 0 Å². The third-order valence-corrected chi connectivity index (χ3v) is 2.59. The van der Waals surface area contributed by atoms with E-state index in [1.54, 1.807) is 6.07 Å². The van der Waals surface area contributed by atoms with Crippen LogP contribution in [0.1, 0.15) is 0 Å². The number of anilines is 1. The first-order valence-electron chi connectivity index (χ1n) is 4.76. The van der Waals surface area contributed by atoms with Crippen LogP contribution in [0.25, 0.3) is 0 Å². The number of halogens is 3. The van der Waals surface area contributed by atoms with Crippen LogP contribution in [-0.2, 0) is 14.9 Å². The zero-order valence-corrected chi connectivity index (χ0v) is 9.91. The molecule has 1 rings (SSSR count). The van der Waals surface area contributed by atoms with Gasteiger partial charge in [-0.05, 0) is 12.1 Å². The first-order valence-corrected chi connectivity index (χ1v) is 6.48. The SMILES string of the molecule is NS(=O)(=O)CCN(OC(F)(F)F)c1ccccc1. The summed E-state index contributed by atoms with van der Waals surface area (Å²) < 4.78 is 58.0. The van der Waals surface area contributed by atoms with Crippen molar-refractivity contribution in [2.45, 2.75) is 6.36 Å². The van der Waals surface area contributed by atoms with Gasteiger partial charge in [-0.1, -0.05) is 18.2 Å². The number of para-hydroxylation sites is 1. The molecule has 0 spiro atoms. The maximum Gasteiger partial charge on any atom is 0.544 e. The quantitative estimate of drug-likeness (QED) is 0.825. The van der Waals surface area contributed by atoms with Crippen LogP contribution >= 0.6 is 0 Å². The first kappa shape index (κ1) is 14.7. The number of hydrogen-bond donors (Lipinski definition) is 1. The molecule has 0 unspecified atom stereocenters. The predicted octanol–water partition coefficient (Wildman–Crippen LogP) is 1.23. The number of hydroxylamine groups is 1. The van der Waals surface area contributed by atoms with Crippen LogP contribution in [0.15, 0.2) is 30.3 Å². The molecular formula is C9H11F3N2O3S. The summed E-state index contributed by atoms with van der Waals surface area (Å²) in [6, 6.07) is 7.32. The Morgan fingerprint density at radius 1 is 1.22 bits per heavy atom. The number of rotatable bonds is 5. The summed E-state index contributed by atoms with van der Waals surface area (Å²) in [5.41, 5.74) is 0.0819. The Labute approximate surface area is 102 Å². The fourth-order valence-electron chi connectivity index (χ4n) is 1.16. The second kappa shape index (κ2) is 5.55. The molecule has 1 aromatic rings. The van der Waals surface area contributed by atoms with E-state index in [2.05, 4.69) is 4.84 Å². The van der Waals surface area contributed by atoms with Gasteiger partial charge >= 0.3 is 6.36 Å². The van der Waals surface area contributed by atoms with Crippen molar-refractivity contribution in [1.29, 1.82) is 0 Å². The summed E-state index contributed by atoms with van der Waals surface area (Å²) in [6.45, 7) is -0.525. The van der Waals surface area contributed by atoms with Gasteiger partial charge in [0, 0.05) is 0 Å². The predicted molar refractivity (Wildman–Crippen MR) is 58.9 cm³/mol. The van der Waals surface area contributed by atoms with E-state index in [1.165, 1.54) is 24.3 Å². The summed E-state index contributed by atoms with van der Waals surface area (Å²) >= 11 is 0. The minimum atomic E-state index is -4.91. The third-order valence-electron chi connectivity index (χ3n) is 1.84. The van der Waals surface area contributed by atoms with E-state index in [9.17, 15) is 21.6 Å². The van der Waals surface area contributed by atoms with Crippen molar-refractivity contribution in [3.05, 3.63) is 30.3 Å². The van der Waals surface area contributed by atoms with Crippen molar-refractivity contribution in [2.24, 2.45) is 5.14 Å². The first-order chi connectivity index (χ1) is 8.17. The zero-order valence-electron chi connectivity index (χ0n) is 9.09. The number of nitrogens with zero attached hydrogens (tertiary/aromatic N) is 1. The highest BCUT2D eigenvalue weighted by atomic mass is 32.2. The van der Waals surface area contributed by atoms with Gasteiger partial charge in [-0.3, -0.25) is 0 Å². The second-order valence-electron chi connectivity index (χ2n) is 3.34. The van der Waals surface area contributed by atoms with Gasteiger partial charge in [0.15, 0.2) is 0 Å². The Balaban J connectivity index is 2.83. The van der Waals surface area contributed by atoms with Crippen LogP contribution in [-0.4, -0.2) is 27.1 Å². The molecule has 102 valence electrons. The molecule has 0 amide bonds. The summed E-state index contributed by atoms with van der Waals surface area (Å²) in [5, 5.41) is 5.17. The molecule has 5 nitrogen and oxygen atoms in total. The van der Waals surface area contributed by atoms with Crippen LogP contribution in [0.3, 0.4) is 0 Å². The van der Waals surface area contributed by atoms with Crippen molar-refractivity contribution in [1.82, 2.24) is 0 Å². The Kier molecular flexibility index (Phi) is 4.54. The molecule has 0 aliphatic heterocycles. The van der Waals surface area contributed by atoms with Crippen molar-refractivity contribution in [3.8, 4) is 0 Å². The van der Waals surface area contributed by atoms with Crippen molar-refractivity contribution >= 4 is 15.7 Å². The molecule has 0 heterocycles. The fraction of sp³-hybridized carbons (Fsp3) is 0.333. The zero-order chi connectivity index (χ0) is 13.8. The molecule has 0 aromatic heterocycles. The summed E-state index contributed by atoms with van der Waals surface area (Å²) in [4.78, 5) is 3.73. The average Bonchev–Trinajstić information content (AvgIpc) is 2.23. The van der Waals surface area contributed by atoms with E-state index in [1.807, 2.05) is 0 Å². The standard InChI is InChI=1S/C9H11F3N2O3S/c10-9(11,12)17-14(6-7-18(13,15)16)8-4-2-1-3-5-8/h1-5H,6-7H2,(H2,13,15,16). The molecule has 0 aliphatic rings. The highest BCUT2D eigenvalue weighted by Crippen LogP contribution is 2.23. The topological polar surface area (TPSA) is 72.6 Å². The van der Waals surface area contributed by atoms with E-state index >= 15 is 0 Å². The molecule has 1 aromatic carbocycles. The van der Waals surface area contributed by atoms with Crippen LogP contribution in [0.2, 0.25) is 0 Å². The lowest BCUT2D eigenvalue weighted by Gasteiger charge is -2.24. The van der Waals surface area contributed by atoms with Crippen LogP contribution in [0.4, 0.5) is 18.9 Å². The van der Waals surface area contributed by atoms with Gasteiger partial charge in [-0.15, -0.1) is 13.2 Å². The van der Waals surface area contributed by atoms with E-state index in [0.717, 1.165) is 0 Å². The number of hydrogen-bond acceptors (Lipinski definition) is 4. The smallest absolute Gasteiger partial charge is 0.245 e. The minimum Gasteiger partial charge on any atom is -0.245 e. The van der Waals surface area contributed by atoms with Gasteiger partial charge in [-0.2, -0.15) is 4.84 Å². The lowest BCUT2D eigenvalue weighted by atomic mass is 10.3. The van der Waals surface area contributed by atoms with Gasteiger partial charge in [-0.25, -0.2) is 18.6 Å². The molecule has 0 saturated heterocycles. The Bertz CT molecular complexity index is 476. The maximum atomic E-state index is 12.2. The molecule has 0 saturated carbocycles. The fourth-order valence-corrected chi connectivity index (χ4v) is 1.58. The molecule has 0 atom stereocenters. The van der Waals surface area contributed by atoms with Crippen molar-refractivity contribution in [2.75, 3.05) is 17.4 Å². The number of alkyl halides is 3. The molecular weight excluding hydrogens is 273 g/mol. The van der Waals surface area contributed by atoms with Gasteiger partial charge in [0.1, 0.15) is 0 Å². The number of primary sulfonamides is 1. The summed E-state index contributed by atoms with van der Waals surface area (Å²) in [5.74, 6) is -0.655. The highest BCUT2D eigenvalue weighted by molar-refractivity contribution is 7.89.